The predicted molar refractivity (Wildman–Crippen MR) is 191 cm³/mol. The molecule has 0 atom stereocenters. The van der Waals surface area contributed by atoms with Crippen molar-refractivity contribution in [2.24, 2.45) is 0 Å². The second-order valence-corrected chi connectivity index (χ2v) is 16.2. The SMILES string of the molecule is CC1(C)c2cccc(CP(c3ccccc3)c3ccccc3)c2Oc2c(CP(c3ccccc3)c3ccccc3)cccc21. The molecule has 6 aromatic carbocycles. The van der Waals surface area contributed by atoms with Gasteiger partial charge in [0, 0.05) is 28.9 Å². The van der Waals surface area contributed by atoms with Crippen molar-refractivity contribution in [2.75, 3.05) is 0 Å². The minimum absolute atomic E-state index is 0.181. The van der Waals surface area contributed by atoms with Crippen LogP contribution in [0.25, 0.3) is 0 Å². The Labute approximate surface area is 264 Å². The van der Waals surface area contributed by atoms with E-state index in [4.69, 9.17) is 4.74 Å². The highest BCUT2D eigenvalue weighted by Gasteiger charge is 2.37. The fourth-order valence-electron chi connectivity index (χ4n) is 6.33. The third-order valence-corrected chi connectivity index (χ3v) is 13.7. The number of hydrogen-bond acceptors (Lipinski definition) is 1. The lowest BCUT2D eigenvalue weighted by molar-refractivity contribution is 0.411. The van der Waals surface area contributed by atoms with E-state index in [-0.39, 0.29) is 5.41 Å². The fraction of sp³-hybridized carbons (Fsp3) is 0.122. The minimum atomic E-state index is -0.600. The molecular formula is C41H36OP2. The van der Waals surface area contributed by atoms with Crippen LogP contribution in [-0.4, -0.2) is 0 Å². The quantitative estimate of drug-likeness (QED) is 0.157. The fourth-order valence-corrected chi connectivity index (χ4v) is 11.0. The second-order valence-electron chi connectivity index (χ2n) is 11.8. The summed E-state index contributed by atoms with van der Waals surface area (Å²) in [6, 6.07) is 57.5. The van der Waals surface area contributed by atoms with Crippen molar-refractivity contribution in [1.82, 2.24) is 0 Å². The Balaban J connectivity index is 1.30. The highest BCUT2D eigenvalue weighted by atomic mass is 31.1. The Morgan fingerprint density at radius 3 is 1.05 bits per heavy atom. The molecule has 7 rings (SSSR count). The van der Waals surface area contributed by atoms with Gasteiger partial charge in [-0.15, -0.1) is 0 Å². The Bertz CT molecular complexity index is 1640. The Morgan fingerprint density at radius 2 is 0.727 bits per heavy atom. The van der Waals surface area contributed by atoms with Gasteiger partial charge in [0.05, 0.1) is 0 Å². The van der Waals surface area contributed by atoms with E-state index in [9.17, 15) is 0 Å². The van der Waals surface area contributed by atoms with Crippen LogP contribution < -0.4 is 26.0 Å². The van der Waals surface area contributed by atoms with Gasteiger partial charge in [0.2, 0.25) is 0 Å². The summed E-state index contributed by atoms with van der Waals surface area (Å²) in [5.41, 5.74) is 4.92. The van der Waals surface area contributed by atoms with E-state index in [0.29, 0.717) is 0 Å². The molecular weight excluding hydrogens is 570 g/mol. The van der Waals surface area contributed by atoms with Crippen molar-refractivity contribution in [3.63, 3.8) is 0 Å². The maximum atomic E-state index is 7.14. The molecule has 0 N–H and O–H groups in total. The van der Waals surface area contributed by atoms with Gasteiger partial charge < -0.3 is 4.74 Å². The minimum Gasteiger partial charge on any atom is -0.456 e. The first-order valence-corrected chi connectivity index (χ1v) is 18.3. The first kappa shape index (κ1) is 28.7. The number of para-hydroxylation sites is 2. The van der Waals surface area contributed by atoms with Crippen LogP contribution in [0.2, 0.25) is 0 Å². The van der Waals surface area contributed by atoms with Crippen LogP contribution in [0.15, 0.2) is 158 Å². The molecule has 0 aliphatic carbocycles. The van der Waals surface area contributed by atoms with Gasteiger partial charge in [0.25, 0.3) is 0 Å². The molecule has 0 bridgehead atoms. The van der Waals surface area contributed by atoms with Crippen LogP contribution >= 0.6 is 15.8 Å². The molecule has 1 aliphatic rings. The molecule has 44 heavy (non-hydrogen) atoms. The molecule has 216 valence electrons. The van der Waals surface area contributed by atoms with Crippen LogP contribution in [0.5, 0.6) is 11.5 Å². The largest absolute Gasteiger partial charge is 0.456 e. The summed E-state index contributed by atoms with van der Waals surface area (Å²) in [6.07, 6.45) is 1.86. The molecule has 3 heteroatoms. The molecule has 0 amide bonds. The van der Waals surface area contributed by atoms with Crippen LogP contribution in [0, 0.1) is 0 Å². The number of hydrogen-bond donors (Lipinski definition) is 0. The highest BCUT2D eigenvalue weighted by molar-refractivity contribution is 7.72. The molecule has 0 fully saturated rings. The Morgan fingerprint density at radius 1 is 0.409 bits per heavy atom. The van der Waals surface area contributed by atoms with Gasteiger partial charge >= 0.3 is 0 Å². The molecule has 6 aromatic rings. The van der Waals surface area contributed by atoms with E-state index in [0.717, 1.165) is 23.8 Å². The lowest BCUT2D eigenvalue weighted by atomic mass is 9.74. The monoisotopic (exact) mass is 606 g/mol. The van der Waals surface area contributed by atoms with Crippen LogP contribution in [0.4, 0.5) is 0 Å². The van der Waals surface area contributed by atoms with Gasteiger partial charge in [-0.25, -0.2) is 0 Å². The van der Waals surface area contributed by atoms with Crippen LogP contribution in [-0.2, 0) is 17.7 Å². The molecule has 0 unspecified atom stereocenters. The summed E-state index contributed by atoms with van der Waals surface area (Å²) in [5, 5.41) is 5.55. The summed E-state index contributed by atoms with van der Waals surface area (Å²) in [7, 11) is -1.20. The lowest BCUT2D eigenvalue weighted by Gasteiger charge is -2.37. The van der Waals surface area contributed by atoms with Gasteiger partial charge in [0.15, 0.2) is 0 Å². The maximum absolute atomic E-state index is 7.14. The third-order valence-electron chi connectivity index (χ3n) is 8.67. The molecule has 0 saturated heterocycles. The van der Waals surface area contributed by atoms with Gasteiger partial charge in [-0.3, -0.25) is 0 Å². The zero-order valence-corrected chi connectivity index (χ0v) is 27.0. The van der Waals surface area contributed by atoms with Crippen molar-refractivity contribution in [3.8, 4) is 11.5 Å². The van der Waals surface area contributed by atoms with Crippen LogP contribution in [0.3, 0.4) is 0 Å². The number of fused-ring (bicyclic) bond motifs is 2. The van der Waals surface area contributed by atoms with Gasteiger partial charge in [-0.1, -0.05) is 172 Å². The summed E-state index contributed by atoms with van der Waals surface area (Å²) >= 11 is 0. The molecule has 1 heterocycles. The van der Waals surface area contributed by atoms with E-state index in [1.807, 2.05) is 0 Å². The number of ether oxygens (including phenoxy) is 1. The average Bonchev–Trinajstić information content (AvgIpc) is 3.08. The van der Waals surface area contributed by atoms with Crippen molar-refractivity contribution < 1.29 is 4.74 Å². The third kappa shape index (κ3) is 5.64. The van der Waals surface area contributed by atoms with Gasteiger partial charge in [-0.05, 0) is 48.2 Å². The topological polar surface area (TPSA) is 9.23 Å². The molecule has 0 spiro atoms. The number of rotatable bonds is 8. The summed E-state index contributed by atoms with van der Waals surface area (Å²) < 4.78 is 7.14. The molecule has 0 radical (unpaired) electrons. The lowest BCUT2D eigenvalue weighted by Crippen LogP contribution is -2.26. The van der Waals surface area contributed by atoms with Crippen LogP contribution in [0.1, 0.15) is 36.1 Å². The van der Waals surface area contributed by atoms with E-state index >= 15 is 0 Å². The van der Waals surface area contributed by atoms with E-state index < -0.39 is 15.8 Å². The van der Waals surface area contributed by atoms with E-state index in [2.05, 4.69) is 172 Å². The van der Waals surface area contributed by atoms with E-state index in [1.54, 1.807) is 0 Å². The molecule has 0 aromatic heterocycles. The summed E-state index contributed by atoms with van der Waals surface area (Å²) in [5.74, 6) is 2.08. The van der Waals surface area contributed by atoms with Gasteiger partial charge in [-0.2, -0.15) is 0 Å². The Hall–Kier alpha value is -4.02. The van der Waals surface area contributed by atoms with Crippen molar-refractivity contribution >= 4 is 37.1 Å². The standard InChI is InChI=1S/C41H36OP2/c1-41(2)37-27-15-17-31(29-43(33-19-7-3-8-20-33)34-21-9-4-10-22-34)39(37)42-40-32(18-16-28-38(40)41)30-44(35-23-11-5-12-24-35)36-25-13-6-14-26-36/h3-28H,29-30H2,1-2H3. The van der Waals surface area contributed by atoms with Crippen molar-refractivity contribution in [3.05, 3.63) is 180 Å². The van der Waals surface area contributed by atoms with Crippen molar-refractivity contribution in [1.29, 1.82) is 0 Å². The molecule has 0 saturated carbocycles. The summed E-state index contributed by atoms with van der Waals surface area (Å²) in [6.45, 7) is 4.71. The summed E-state index contributed by atoms with van der Waals surface area (Å²) in [4.78, 5) is 0. The highest BCUT2D eigenvalue weighted by Crippen LogP contribution is 2.53. The first-order valence-electron chi connectivity index (χ1n) is 15.3. The average molecular weight is 607 g/mol. The normalized spacial score (nSPS) is 13.3. The molecule has 1 nitrogen and oxygen atoms in total. The molecule has 1 aliphatic heterocycles. The van der Waals surface area contributed by atoms with Gasteiger partial charge in [0.1, 0.15) is 11.5 Å². The maximum Gasteiger partial charge on any atom is 0.135 e. The second kappa shape index (κ2) is 12.5. The predicted octanol–water partition coefficient (Wildman–Crippen LogP) is 9.38. The zero-order valence-electron chi connectivity index (χ0n) is 25.2. The van der Waals surface area contributed by atoms with E-state index in [1.165, 1.54) is 43.5 Å². The zero-order chi connectivity index (χ0) is 29.9. The van der Waals surface area contributed by atoms with Crippen molar-refractivity contribution in [2.45, 2.75) is 31.6 Å². The number of benzene rings is 6. The first-order chi connectivity index (χ1) is 21.6. The Kier molecular flexibility index (Phi) is 8.18. The smallest absolute Gasteiger partial charge is 0.135 e.